The highest BCUT2D eigenvalue weighted by atomic mass is 16.3. The van der Waals surface area contributed by atoms with Crippen LogP contribution in [-0.4, -0.2) is 45.9 Å². The number of aromatic nitrogens is 1. The molecule has 0 saturated carbocycles. The fourth-order valence-corrected chi connectivity index (χ4v) is 3.17. The van der Waals surface area contributed by atoms with Gasteiger partial charge in [0.1, 0.15) is 11.4 Å². The Morgan fingerprint density at radius 1 is 1.28 bits per heavy atom. The molecule has 1 aromatic heterocycles. The third-order valence-electron chi connectivity index (χ3n) is 4.29. The molecule has 2 heterocycles. The van der Waals surface area contributed by atoms with Crippen molar-refractivity contribution in [3.05, 3.63) is 48.2 Å². The van der Waals surface area contributed by atoms with Gasteiger partial charge in [-0.2, -0.15) is 0 Å². The van der Waals surface area contributed by atoms with Gasteiger partial charge in [0.05, 0.1) is 0 Å². The molecule has 6 heteroatoms. The van der Waals surface area contributed by atoms with Crippen LogP contribution in [-0.2, 0) is 4.79 Å². The van der Waals surface area contributed by atoms with Crippen LogP contribution >= 0.6 is 0 Å². The van der Waals surface area contributed by atoms with Gasteiger partial charge in [0.25, 0.3) is 5.91 Å². The third-order valence-corrected chi connectivity index (χ3v) is 4.29. The number of carbonyl (C=O) groups is 2. The van der Waals surface area contributed by atoms with E-state index in [-0.39, 0.29) is 23.6 Å². The number of piperidine rings is 1. The Hall–Kier alpha value is -2.89. The van der Waals surface area contributed by atoms with Gasteiger partial charge in [-0.25, -0.2) is 0 Å². The zero-order chi connectivity index (χ0) is 17.8. The predicted octanol–water partition coefficient (Wildman–Crippen LogP) is 2.19. The second-order valence-corrected chi connectivity index (χ2v) is 6.24. The second-order valence-electron chi connectivity index (χ2n) is 6.24. The molecule has 0 aliphatic carbocycles. The molecule has 3 rings (SSSR count). The summed E-state index contributed by atoms with van der Waals surface area (Å²) in [7, 11) is 0. The smallest absolute Gasteiger partial charge is 0.253 e. The van der Waals surface area contributed by atoms with E-state index >= 15 is 0 Å². The van der Waals surface area contributed by atoms with Crippen LogP contribution in [0.5, 0.6) is 5.75 Å². The van der Waals surface area contributed by atoms with Crippen LogP contribution < -0.4 is 5.32 Å². The van der Waals surface area contributed by atoms with Crippen molar-refractivity contribution in [1.29, 1.82) is 0 Å². The predicted molar refractivity (Wildman–Crippen MR) is 94.1 cm³/mol. The normalized spacial score (nSPS) is 17.2. The summed E-state index contributed by atoms with van der Waals surface area (Å²) in [5, 5.41) is 12.8. The molecule has 1 aliphatic heterocycles. The molecule has 1 unspecified atom stereocenters. The SMILES string of the molecule is CC(=O)NC1CCCN(C(=O)c2cccc(-c3ncccc3O)c2)C1. The molecule has 0 bridgehead atoms. The minimum atomic E-state index is -0.0769. The van der Waals surface area contributed by atoms with Gasteiger partial charge in [0.2, 0.25) is 5.91 Å². The van der Waals surface area contributed by atoms with Crippen molar-refractivity contribution >= 4 is 11.8 Å². The molecule has 6 nitrogen and oxygen atoms in total. The lowest BCUT2D eigenvalue weighted by Crippen LogP contribution is -2.49. The van der Waals surface area contributed by atoms with Gasteiger partial charge in [0.15, 0.2) is 0 Å². The van der Waals surface area contributed by atoms with Crippen molar-refractivity contribution in [3.8, 4) is 17.0 Å². The van der Waals surface area contributed by atoms with Gasteiger partial charge >= 0.3 is 0 Å². The Kier molecular flexibility index (Phi) is 4.97. The molecule has 1 saturated heterocycles. The monoisotopic (exact) mass is 339 g/mol. The van der Waals surface area contributed by atoms with Crippen molar-refractivity contribution in [3.63, 3.8) is 0 Å². The largest absolute Gasteiger partial charge is 0.506 e. The summed E-state index contributed by atoms with van der Waals surface area (Å²) < 4.78 is 0. The number of amides is 2. The molecule has 2 aromatic rings. The molecule has 1 fully saturated rings. The summed E-state index contributed by atoms with van der Waals surface area (Å²) >= 11 is 0. The summed E-state index contributed by atoms with van der Waals surface area (Å²) in [6.45, 7) is 2.68. The first kappa shape index (κ1) is 17.0. The van der Waals surface area contributed by atoms with E-state index in [1.54, 1.807) is 41.4 Å². The lowest BCUT2D eigenvalue weighted by Gasteiger charge is -2.33. The van der Waals surface area contributed by atoms with Crippen LogP contribution in [0.15, 0.2) is 42.6 Å². The molecular weight excluding hydrogens is 318 g/mol. The van der Waals surface area contributed by atoms with Crippen molar-refractivity contribution < 1.29 is 14.7 Å². The first-order chi connectivity index (χ1) is 12.0. The molecule has 1 aromatic carbocycles. The summed E-state index contributed by atoms with van der Waals surface area (Å²) in [5.74, 6) is -0.0740. The minimum absolute atomic E-state index is 0.00165. The number of hydrogen-bond donors (Lipinski definition) is 2. The zero-order valence-corrected chi connectivity index (χ0v) is 14.1. The average molecular weight is 339 g/mol. The molecule has 130 valence electrons. The average Bonchev–Trinajstić information content (AvgIpc) is 2.61. The number of nitrogens with zero attached hydrogens (tertiary/aromatic N) is 2. The first-order valence-electron chi connectivity index (χ1n) is 8.35. The summed E-state index contributed by atoms with van der Waals surface area (Å²) in [4.78, 5) is 30.0. The van der Waals surface area contributed by atoms with E-state index in [0.29, 0.717) is 29.9 Å². The van der Waals surface area contributed by atoms with Crippen LogP contribution in [0, 0.1) is 0 Å². The first-order valence-corrected chi connectivity index (χ1v) is 8.35. The maximum absolute atomic E-state index is 12.8. The highest BCUT2D eigenvalue weighted by molar-refractivity contribution is 5.95. The molecular formula is C19H21N3O3. The topological polar surface area (TPSA) is 82.5 Å². The number of benzene rings is 1. The number of likely N-dealkylation sites (tertiary alicyclic amines) is 1. The molecule has 2 amide bonds. The van der Waals surface area contributed by atoms with E-state index in [0.717, 1.165) is 12.8 Å². The number of aromatic hydroxyl groups is 1. The fraction of sp³-hybridized carbons (Fsp3) is 0.316. The van der Waals surface area contributed by atoms with E-state index in [2.05, 4.69) is 10.3 Å². The van der Waals surface area contributed by atoms with Crippen LogP contribution in [0.4, 0.5) is 0 Å². The van der Waals surface area contributed by atoms with E-state index in [1.165, 1.54) is 6.92 Å². The van der Waals surface area contributed by atoms with E-state index in [4.69, 9.17) is 0 Å². The quantitative estimate of drug-likeness (QED) is 0.898. The van der Waals surface area contributed by atoms with Gasteiger partial charge in [0, 0.05) is 43.4 Å². The van der Waals surface area contributed by atoms with Crippen molar-refractivity contribution in [2.24, 2.45) is 0 Å². The van der Waals surface area contributed by atoms with E-state index in [1.807, 2.05) is 6.07 Å². The van der Waals surface area contributed by atoms with Gasteiger partial charge < -0.3 is 15.3 Å². The zero-order valence-electron chi connectivity index (χ0n) is 14.1. The van der Waals surface area contributed by atoms with Gasteiger partial charge in [-0.3, -0.25) is 14.6 Å². The highest BCUT2D eigenvalue weighted by Crippen LogP contribution is 2.27. The number of nitrogens with one attached hydrogen (secondary N) is 1. The number of pyridine rings is 1. The Balaban J connectivity index is 1.80. The fourth-order valence-electron chi connectivity index (χ4n) is 3.17. The molecule has 0 radical (unpaired) electrons. The number of rotatable bonds is 3. The van der Waals surface area contributed by atoms with Crippen molar-refractivity contribution in [1.82, 2.24) is 15.2 Å². The van der Waals surface area contributed by atoms with Gasteiger partial charge in [-0.15, -0.1) is 0 Å². The third kappa shape index (κ3) is 3.96. The van der Waals surface area contributed by atoms with Crippen LogP contribution in [0.2, 0.25) is 0 Å². The van der Waals surface area contributed by atoms with Crippen molar-refractivity contribution in [2.45, 2.75) is 25.8 Å². The summed E-state index contributed by atoms with van der Waals surface area (Å²) in [6, 6.07) is 10.3. The Morgan fingerprint density at radius 2 is 2.12 bits per heavy atom. The highest BCUT2D eigenvalue weighted by Gasteiger charge is 2.25. The van der Waals surface area contributed by atoms with Crippen LogP contribution in [0.25, 0.3) is 11.3 Å². The Morgan fingerprint density at radius 3 is 2.88 bits per heavy atom. The number of carbonyl (C=O) groups excluding carboxylic acids is 2. The molecule has 0 spiro atoms. The summed E-state index contributed by atoms with van der Waals surface area (Å²) in [6.07, 6.45) is 3.34. The van der Waals surface area contributed by atoms with Crippen LogP contribution in [0.1, 0.15) is 30.1 Å². The summed E-state index contributed by atoms with van der Waals surface area (Å²) in [5.41, 5.74) is 1.69. The maximum atomic E-state index is 12.8. The van der Waals surface area contributed by atoms with Gasteiger partial charge in [-0.1, -0.05) is 12.1 Å². The van der Waals surface area contributed by atoms with Crippen molar-refractivity contribution in [2.75, 3.05) is 13.1 Å². The van der Waals surface area contributed by atoms with Gasteiger partial charge in [-0.05, 0) is 37.1 Å². The maximum Gasteiger partial charge on any atom is 0.253 e. The number of hydrogen-bond acceptors (Lipinski definition) is 4. The van der Waals surface area contributed by atoms with E-state index < -0.39 is 0 Å². The second kappa shape index (κ2) is 7.34. The lowest BCUT2D eigenvalue weighted by molar-refractivity contribution is -0.120. The van der Waals surface area contributed by atoms with E-state index in [9.17, 15) is 14.7 Å². The van der Waals surface area contributed by atoms with Crippen LogP contribution in [0.3, 0.4) is 0 Å². The molecule has 1 atom stereocenters. The molecule has 25 heavy (non-hydrogen) atoms. The Labute approximate surface area is 146 Å². The molecule has 1 aliphatic rings. The lowest BCUT2D eigenvalue weighted by atomic mass is 10.0. The Bertz CT molecular complexity index is 791. The molecule has 2 N–H and O–H groups in total. The minimum Gasteiger partial charge on any atom is -0.506 e. The standard InChI is InChI=1S/C19H21N3O3/c1-13(23)21-16-7-4-10-22(12-16)19(25)15-6-2-5-14(11-15)18-17(24)8-3-9-20-18/h2-3,5-6,8-9,11,16,24H,4,7,10,12H2,1H3,(H,21,23).